The van der Waals surface area contributed by atoms with Crippen molar-refractivity contribution in [3.8, 4) is 11.4 Å². The SMILES string of the molecule is CCC(C)n1cc(C=O)c(-c2cc([N+](=O)[O-])nn2C)n1. The zero-order chi connectivity index (χ0) is 14.9. The van der Waals surface area contributed by atoms with Crippen molar-refractivity contribution in [2.45, 2.75) is 26.3 Å². The van der Waals surface area contributed by atoms with Crippen molar-refractivity contribution in [1.29, 1.82) is 0 Å². The molecule has 0 radical (unpaired) electrons. The van der Waals surface area contributed by atoms with Gasteiger partial charge >= 0.3 is 5.82 Å². The molecule has 1 unspecified atom stereocenters. The van der Waals surface area contributed by atoms with E-state index < -0.39 is 4.92 Å². The fourth-order valence-corrected chi connectivity index (χ4v) is 1.87. The number of carbonyl (C=O) groups is 1. The summed E-state index contributed by atoms with van der Waals surface area (Å²) >= 11 is 0. The van der Waals surface area contributed by atoms with E-state index in [4.69, 9.17) is 0 Å². The number of rotatable bonds is 5. The maximum Gasteiger partial charge on any atom is 0.390 e. The first-order chi connectivity index (χ1) is 9.47. The average molecular weight is 277 g/mol. The van der Waals surface area contributed by atoms with E-state index in [2.05, 4.69) is 10.2 Å². The molecule has 0 bridgehead atoms. The number of nitro groups is 1. The van der Waals surface area contributed by atoms with E-state index in [1.54, 1.807) is 17.9 Å². The smallest absolute Gasteiger partial charge is 0.358 e. The molecule has 20 heavy (non-hydrogen) atoms. The summed E-state index contributed by atoms with van der Waals surface area (Å²) in [6.45, 7) is 4.00. The second-order valence-corrected chi connectivity index (χ2v) is 4.56. The lowest BCUT2D eigenvalue weighted by molar-refractivity contribution is -0.389. The van der Waals surface area contributed by atoms with E-state index in [1.165, 1.54) is 10.7 Å². The number of aldehydes is 1. The van der Waals surface area contributed by atoms with Gasteiger partial charge in [-0.2, -0.15) is 9.78 Å². The van der Waals surface area contributed by atoms with Gasteiger partial charge in [0.15, 0.2) is 6.29 Å². The third kappa shape index (κ3) is 2.31. The van der Waals surface area contributed by atoms with Crippen LogP contribution in [0.4, 0.5) is 5.82 Å². The van der Waals surface area contributed by atoms with Crippen LogP contribution in [0.2, 0.25) is 0 Å². The summed E-state index contributed by atoms with van der Waals surface area (Å²) in [6.07, 6.45) is 3.21. The van der Waals surface area contributed by atoms with Crippen molar-refractivity contribution in [3.63, 3.8) is 0 Å². The second kappa shape index (κ2) is 5.24. The van der Waals surface area contributed by atoms with Gasteiger partial charge in [0.05, 0.1) is 23.8 Å². The van der Waals surface area contributed by atoms with Crippen LogP contribution in [0.1, 0.15) is 36.7 Å². The van der Waals surface area contributed by atoms with E-state index >= 15 is 0 Å². The minimum atomic E-state index is -0.574. The normalized spacial score (nSPS) is 12.3. The van der Waals surface area contributed by atoms with Crippen LogP contribution >= 0.6 is 0 Å². The van der Waals surface area contributed by atoms with Crippen LogP contribution in [0.15, 0.2) is 12.3 Å². The topological polar surface area (TPSA) is 95.9 Å². The predicted octanol–water partition coefficient (Wildman–Crippen LogP) is 1.98. The van der Waals surface area contributed by atoms with Crippen LogP contribution in [0.25, 0.3) is 11.4 Å². The minimum Gasteiger partial charge on any atom is -0.358 e. The monoisotopic (exact) mass is 277 g/mol. The van der Waals surface area contributed by atoms with Crippen LogP contribution < -0.4 is 0 Å². The molecule has 2 aromatic rings. The highest BCUT2D eigenvalue weighted by Gasteiger charge is 2.22. The average Bonchev–Trinajstić information content (AvgIpc) is 3.00. The van der Waals surface area contributed by atoms with E-state index in [9.17, 15) is 14.9 Å². The summed E-state index contributed by atoms with van der Waals surface area (Å²) in [6, 6.07) is 1.46. The Morgan fingerprint density at radius 2 is 2.20 bits per heavy atom. The molecule has 106 valence electrons. The molecule has 8 heteroatoms. The lowest BCUT2D eigenvalue weighted by Gasteiger charge is -2.07. The quantitative estimate of drug-likeness (QED) is 0.473. The van der Waals surface area contributed by atoms with E-state index in [0.717, 1.165) is 6.42 Å². The highest BCUT2D eigenvalue weighted by molar-refractivity contribution is 5.84. The number of hydrogen-bond acceptors (Lipinski definition) is 5. The predicted molar refractivity (Wildman–Crippen MR) is 71.5 cm³/mol. The highest BCUT2D eigenvalue weighted by Crippen LogP contribution is 2.25. The molecule has 0 amide bonds. The molecule has 0 aliphatic carbocycles. The summed E-state index contributed by atoms with van der Waals surface area (Å²) in [5.74, 6) is -0.266. The van der Waals surface area contributed by atoms with Crippen molar-refractivity contribution < 1.29 is 9.72 Å². The zero-order valence-electron chi connectivity index (χ0n) is 11.5. The van der Waals surface area contributed by atoms with Gasteiger partial charge < -0.3 is 10.1 Å². The molecule has 0 aliphatic heterocycles. The van der Waals surface area contributed by atoms with Crippen molar-refractivity contribution in [3.05, 3.63) is 27.9 Å². The van der Waals surface area contributed by atoms with Crippen LogP contribution in [-0.4, -0.2) is 30.8 Å². The van der Waals surface area contributed by atoms with Crippen LogP contribution in [0, 0.1) is 10.1 Å². The first-order valence-electron chi connectivity index (χ1n) is 6.21. The summed E-state index contributed by atoms with van der Waals surface area (Å²) in [5, 5.41) is 18.9. The van der Waals surface area contributed by atoms with Gasteiger partial charge in [-0.25, -0.2) is 0 Å². The Labute approximate surface area is 115 Å². The van der Waals surface area contributed by atoms with Crippen molar-refractivity contribution in [2.75, 3.05) is 0 Å². The Morgan fingerprint density at radius 3 is 2.70 bits per heavy atom. The molecule has 0 fully saturated rings. The second-order valence-electron chi connectivity index (χ2n) is 4.56. The van der Waals surface area contributed by atoms with Crippen molar-refractivity contribution >= 4 is 12.1 Å². The number of hydrogen-bond donors (Lipinski definition) is 0. The number of aromatic nitrogens is 4. The molecule has 0 saturated carbocycles. The van der Waals surface area contributed by atoms with E-state index in [-0.39, 0.29) is 11.9 Å². The first-order valence-corrected chi connectivity index (χ1v) is 6.21. The van der Waals surface area contributed by atoms with Gasteiger partial charge in [0.2, 0.25) is 0 Å². The Hall–Kier alpha value is -2.51. The van der Waals surface area contributed by atoms with Gasteiger partial charge in [-0.05, 0) is 18.3 Å². The van der Waals surface area contributed by atoms with Gasteiger partial charge in [-0.15, -0.1) is 0 Å². The Kier molecular flexibility index (Phi) is 3.64. The maximum atomic E-state index is 11.2. The molecule has 0 aliphatic rings. The van der Waals surface area contributed by atoms with Crippen molar-refractivity contribution in [2.24, 2.45) is 7.05 Å². The third-order valence-electron chi connectivity index (χ3n) is 3.23. The molecular weight excluding hydrogens is 262 g/mol. The molecule has 0 aromatic carbocycles. The molecule has 0 spiro atoms. The maximum absolute atomic E-state index is 11.2. The van der Waals surface area contributed by atoms with Crippen LogP contribution in [0.5, 0.6) is 0 Å². The first kappa shape index (κ1) is 13.9. The molecule has 0 N–H and O–H groups in total. The van der Waals surface area contributed by atoms with Gasteiger partial charge in [-0.3, -0.25) is 9.48 Å². The zero-order valence-corrected chi connectivity index (χ0v) is 11.5. The highest BCUT2D eigenvalue weighted by atomic mass is 16.6. The molecular formula is C12H15N5O3. The summed E-state index contributed by atoms with van der Waals surface area (Å²) in [5.41, 5.74) is 1.24. The van der Waals surface area contributed by atoms with Crippen molar-refractivity contribution in [1.82, 2.24) is 19.6 Å². The fraction of sp³-hybridized carbons (Fsp3) is 0.417. The van der Waals surface area contributed by atoms with Crippen LogP contribution in [0.3, 0.4) is 0 Å². The van der Waals surface area contributed by atoms with E-state index in [0.29, 0.717) is 23.2 Å². The van der Waals surface area contributed by atoms with Gasteiger partial charge in [0.1, 0.15) is 11.4 Å². The largest absolute Gasteiger partial charge is 0.390 e. The Balaban J connectivity index is 2.54. The minimum absolute atomic E-state index is 0.144. The molecule has 1 atom stereocenters. The van der Waals surface area contributed by atoms with E-state index in [1.807, 2.05) is 13.8 Å². The lowest BCUT2D eigenvalue weighted by atomic mass is 10.2. The molecule has 8 nitrogen and oxygen atoms in total. The van der Waals surface area contributed by atoms with Gasteiger partial charge in [-0.1, -0.05) is 6.92 Å². The molecule has 2 heterocycles. The molecule has 2 rings (SSSR count). The Morgan fingerprint density at radius 1 is 1.50 bits per heavy atom. The Bertz CT molecular complexity index is 658. The molecule has 0 saturated heterocycles. The molecule has 2 aromatic heterocycles. The lowest BCUT2D eigenvalue weighted by Crippen LogP contribution is -2.04. The summed E-state index contributed by atoms with van der Waals surface area (Å²) in [4.78, 5) is 21.3. The van der Waals surface area contributed by atoms with Gasteiger partial charge in [0.25, 0.3) is 0 Å². The number of carbonyl (C=O) groups excluding carboxylic acids is 1. The fourth-order valence-electron chi connectivity index (χ4n) is 1.87. The summed E-state index contributed by atoms with van der Waals surface area (Å²) < 4.78 is 3.05. The standard InChI is InChI=1S/C12H15N5O3/c1-4-8(2)16-6-9(7-18)12(14-16)10-5-11(17(19)20)13-15(10)3/h5-8H,4H2,1-3H3. The number of aryl methyl sites for hydroxylation is 1. The number of nitrogens with zero attached hydrogens (tertiary/aromatic N) is 5. The van der Waals surface area contributed by atoms with Crippen LogP contribution in [-0.2, 0) is 7.05 Å². The summed E-state index contributed by atoms with van der Waals surface area (Å²) in [7, 11) is 1.58. The van der Waals surface area contributed by atoms with Gasteiger partial charge in [0, 0.05) is 12.2 Å². The third-order valence-corrected chi connectivity index (χ3v) is 3.23.